The molecule has 1 aliphatic carbocycles. The van der Waals surface area contributed by atoms with Crippen LogP contribution in [0.15, 0.2) is 17.2 Å². The number of hydrogen-bond acceptors (Lipinski definition) is 7. The van der Waals surface area contributed by atoms with Gasteiger partial charge in [0.25, 0.3) is 0 Å². The van der Waals surface area contributed by atoms with Crippen molar-refractivity contribution in [3.63, 3.8) is 0 Å². The van der Waals surface area contributed by atoms with Crippen LogP contribution in [0.2, 0.25) is 0 Å². The first kappa shape index (κ1) is 16.5. The number of carbonyl (C=O) groups is 2. The van der Waals surface area contributed by atoms with Crippen LogP contribution in [0.25, 0.3) is 0 Å². The van der Waals surface area contributed by atoms with Crippen molar-refractivity contribution in [2.75, 3.05) is 14.2 Å². The number of aliphatic hydroxyl groups is 1. The zero-order chi connectivity index (χ0) is 17.8. The molecule has 0 amide bonds. The molecule has 2 atom stereocenters. The summed E-state index contributed by atoms with van der Waals surface area (Å²) in [5.74, 6) is -3.30. The Kier molecular flexibility index (Phi) is 3.65. The van der Waals surface area contributed by atoms with Gasteiger partial charge in [0.15, 0.2) is 28.9 Å². The van der Waals surface area contributed by atoms with Crippen molar-refractivity contribution in [2.24, 2.45) is 0 Å². The molecule has 1 aliphatic heterocycles. The third-order valence-electron chi connectivity index (χ3n) is 4.29. The van der Waals surface area contributed by atoms with E-state index in [9.17, 15) is 19.8 Å². The van der Waals surface area contributed by atoms with Gasteiger partial charge in [-0.25, -0.2) is 0 Å². The molecule has 0 bridgehead atoms. The minimum atomic E-state index is -1.88. The van der Waals surface area contributed by atoms with Gasteiger partial charge in [-0.2, -0.15) is 0 Å². The smallest absolute Gasteiger partial charge is 0.203 e. The molecule has 0 saturated heterocycles. The number of phenolic OH excluding ortho intramolecular Hbond substituents is 1. The summed E-state index contributed by atoms with van der Waals surface area (Å²) in [6.07, 6.45) is -0.226. The maximum absolute atomic E-state index is 13.0. The van der Waals surface area contributed by atoms with E-state index in [2.05, 4.69) is 0 Å². The Morgan fingerprint density at radius 3 is 2.42 bits per heavy atom. The van der Waals surface area contributed by atoms with Crippen molar-refractivity contribution < 1.29 is 34.0 Å². The number of phenols is 1. The second-order valence-corrected chi connectivity index (χ2v) is 6.01. The van der Waals surface area contributed by atoms with Gasteiger partial charge in [0.05, 0.1) is 31.5 Å². The third-order valence-corrected chi connectivity index (χ3v) is 4.29. The molecule has 7 nitrogen and oxygen atoms in total. The molecule has 0 fully saturated rings. The number of methoxy groups -OCH3 is 2. The van der Waals surface area contributed by atoms with E-state index in [1.807, 2.05) is 0 Å². The Labute approximate surface area is 138 Å². The highest BCUT2D eigenvalue weighted by atomic mass is 16.6. The highest BCUT2D eigenvalue weighted by molar-refractivity contribution is 6.29. The Hall–Kier alpha value is -2.38. The molecule has 128 valence electrons. The maximum Gasteiger partial charge on any atom is 0.203 e. The molecule has 3 rings (SSSR count). The third kappa shape index (κ3) is 2.12. The van der Waals surface area contributed by atoms with Crippen LogP contribution >= 0.6 is 0 Å². The van der Waals surface area contributed by atoms with Crippen LogP contribution in [0.1, 0.15) is 41.0 Å². The average molecular weight is 334 g/mol. The minimum Gasteiger partial charge on any atom is -0.504 e. The van der Waals surface area contributed by atoms with Crippen molar-refractivity contribution in [1.82, 2.24) is 0 Å². The van der Waals surface area contributed by atoms with Gasteiger partial charge in [0, 0.05) is 17.6 Å². The van der Waals surface area contributed by atoms with Gasteiger partial charge < -0.3 is 24.4 Å². The summed E-state index contributed by atoms with van der Waals surface area (Å²) < 4.78 is 15.7. The van der Waals surface area contributed by atoms with E-state index in [-0.39, 0.29) is 45.9 Å². The molecule has 0 aromatic heterocycles. The van der Waals surface area contributed by atoms with Gasteiger partial charge in [-0.15, -0.1) is 0 Å². The molecule has 1 heterocycles. The normalized spacial score (nSPS) is 26.1. The van der Waals surface area contributed by atoms with Gasteiger partial charge in [0.2, 0.25) is 5.75 Å². The lowest BCUT2D eigenvalue weighted by atomic mass is 9.77. The molecule has 0 radical (unpaired) electrons. The zero-order valence-corrected chi connectivity index (χ0v) is 13.8. The molecule has 2 aliphatic rings. The van der Waals surface area contributed by atoms with Crippen LogP contribution < -0.4 is 9.47 Å². The summed E-state index contributed by atoms with van der Waals surface area (Å²) in [6, 6.07) is 1.19. The number of hydrogen-bond donors (Lipinski definition) is 2. The SMILES string of the molecule is COc1c(O)cc2c(c1OC)C(=O)C1=C(C[C@H](C)O[C@@]1(C)O)C2=O. The van der Waals surface area contributed by atoms with Gasteiger partial charge in [-0.05, 0) is 19.9 Å². The summed E-state index contributed by atoms with van der Waals surface area (Å²) in [5.41, 5.74) is 0.0835. The highest BCUT2D eigenvalue weighted by Gasteiger charge is 2.48. The Morgan fingerprint density at radius 2 is 1.83 bits per heavy atom. The Morgan fingerprint density at radius 1 is 1.21 bits per heavy atom. The quantitative estimate of drug-likeness (QED) is 0.847. The summed E-state index contributed by atoms with van der Waals surface area (Å²) in [6.45, 7) is 3.04. The van der Waals surface area contributed by atoms with Crippen LogP contribution in [0.4, 0.5) is 0 Å². The molecule has 1 aromatic rings. The first-order valence-corrected chi connectivity index (χ1v) is 7.44. The van der Waals surface area contributed by atoms with Gasteiger partial charge in [-0.1, -0.05) is 0 Å². The zero-order valence-electron chi connectivity index (χ0n) is 13.8. The van der Waals surface area contributed by atoms with E-state index in [0.29, 0.717) is 0 Å². The summed E-state index contributed by atoms with van der Waals surface area (Å²) in [5, 5.41) is 20.6. The second kappa shape index (κ2) is 5.32. The van der Waals surface area contributed by atoms with Crippen LogP contribution in [0.5, 0.6) is 17.2 Å². The van der Waals surface area contributed by atoms with Crippen LogP contribution in [0, 0.1) is 0 Å². The van der Waals surface area contributed by atoms with Crippen molar-refractivity contribution in [2.45, 2.75) is 32.2 Å². The number of carbonyl (C=O) groups excluding carboxylic acids is 2. The average Bonchev–Trinajstić information content (AvgIpc) is 2.49. The van der Waals surface area contributed by atoms with E-state index < -0.39 is 23.5 Å². The first-order valence-electron chi connectivity index (χ1n) is 7.44. The number of fused-ring (bicyclic) bond motifs is 1. The van der Waals surface area contributed by atoms with Crippen LogP contribution in [-0.2, 0) is 4.74 Å². The minimum absolute atomic E-state index is 0.0267. The Balaban J connectivity index is 2.33. The number of benzene rings is 1. The van der Waals surface area contributed by atoms with Crippen LogP contribution in [-0.4, -0.2) is 47.9 Å². The fourth-order valence-electron chi connectivity index (χ4n) is 3.43. The van der Waals surface area contributed by atoms with Gasteiger partial charge in [-0.3, -0.25) is 9.59 Å². The van der Waals surface area contributed by atoms with Crippen molar-refractivity contribution in [3.05, 3.63) is 28.3 Å². The molecule has 0 unspecified atom stereocenters. The summed E-state index contributed by atoms with van der Waals surface area (Å²) >= 11 is 0. The summed E-state index contributed by atoms with van der Waals surface area (Å²) in [4.78, 5) is 25.9. The second-order valence-electron chi connectivity index (χ2n) is 6.01. The maximum atomic E-state index is 13.0. The van der Waals surface area contributed by atoms with E-state index in [1.165, 1.54) is 27.2 Å². The number of rotatable bonds is 2. The number of aromatic hydroxyl groups is 1. The van der Waals surface area contributed by atoms with Gasteiger partial charge >= 0.3 is 0 Å². The molecule has 24 heavy (non-hydrogen) atoms. The topological polar surface area (TPSA) is 102 Å². The van der Waals surface area contributed by atoms with Crippen LogP contribution in [0.3, 0.4) is 0 Å². The molecule has 1 aromatic carbocycles. The lowest BCUT2D eigenvalue weighted by Gasteiger charge is -2.38. The molecular formula is C17H18O7. The predicted octanol–water partition coefficient (Wildman–Crippen LogP) is 1.60. The monoisotopic (exact) mass is 334 g/mol. The molecular weight excluding hydrogens is 316 g/mol. The fourth-order valence-corrected chi connectivity index (χ4v) is 3.43. The largest absolute Gasteiger partial charge is 0.504 e. The predicted molar refractivity (Wildman–Crippen MR) is 82.7 cm³/mol. The lowest BCUT2D eigenvalue weighted by Crippen LogP contribution is -2.45. The molecule has 0 spiro atoms. The van der Waals surface area contributed by atoms with Crippen molar-refractivity contribution in [3.8, 4) is 17.2 Å². The number of ether oxygens (including phenoxy) is 3. The van der Waals surface area contributed by atoms with E-state index in [4.69, 9.17) is 14.2 Å². The van der Waals surface area contributed by atoms with Crippen molar-refractivity contribution in [1.29, 1.82) is 0 Å². The standard InChI is InChI=1S/C17H18O7/c1-7-5-9-12(17(2,21)24-7)14(20)11-8(13(9)19)6-10(18)15(22-3)16(11)23-4/h6-7,18,21H,5H2,1-4H3/t7-,17+/m0/s1. The molecule has 2 N–H and O–H groups in total. The summed E-state index contributed by atoms with van der Waals surface area (Å²) in [7, 11) is 2.61. The highest BCUT2D eigenvalue weighted by Crippen LogP contribution is 2.48. The number of ketones is 2. The van der Waals surface area contributed by atoms with Gasteiger partial charge in [0.1, 0.15) is 0 Å². The molecule has 0 saturated carbocycles. The molecule has 7 heteroatoms. The Bertz CT molecular complexity index is 789. The van der Waals surface area contributed by atoms with Crippen molar-refractivity contribution >= 4 is 11.6 Å². The fraction of sp³-hybridized carbons (Fsp3) is 0.412. The first-order chi connectivity index (χ1) is 11.2. The van der Waals surface area contributed by atoms with E-state index >= 15 is 0 Å². The van der Waals surface area contributed by atoms with E-state index in [0.717, 1.165) is 0 Å². The van der Waals surface area contributed by atoms with E-state index in [1.54, 1.807) is 6.92 Å². The lowest BCUT2D eigenvalue weighted by molar-refractivity contribution is -0.192. The number of Topliss-reactive ketones (excluding diaryl/α,β-unsaturated/α-hetero) is 2.